The van der Waals surface area contributed by atoms with Gasteiger partial charge in [-0.2, -0.15) is 0 Å². The summed E-state index contributed by atoms with van der Waals surface area (Å²) >= 11 is 0. The summed E-state index contributed by atoms with van der Waals surface area (Å²) in [6.45, 7) is 1.70. The Balaban J connectivity index is 2.38. The highest BCUT2D eigenvalue weighted by atomic mass is 16.4. The lowest BCUT2D eigenvalue weighted by Gasteiger charge is -2.08. The Morgan fingerprint density at radius 1 is 1.11 bits per heavy atom. The van der Waals surface area contributed by atoms with Crippen LogP contribution in [0.4, 0.5) is 0 Å². The SMILES string of the molecule is Cc1cc(Cc2ccccc2)cc(C(=O)O)c1O. The van der Waals surface area contributed by atoms with Crippen molar-refractivity contribution in [3.05, 3.63) is 64.7 Å². The molecule has 0 bridgehead atoms. The van der Waals surface area contributed by atoms with Crippen LogP contribution in [0.5, 0.6) is 5.75 Å². The first-order valence-electron chi connectivity index (χ1n) is 5.67. The number of carboxylic acid groups (broad SMARTS) is 1. The predicted octanol–water partition coefficient (Wildman–Crippen LogP) is 2.99. The van der Waals surface area contributed by atoms with Crippen LogP contribution in [0.15, 0.2) is 42.5 Å². The molecule has 2 aromatic carbocycles. The van der Waals surface area contributed by atoms with Crippen molar-refractivity contribution < 1.29 is 15.0 Å². The summed E-state index contributed by atoms with van der Waals surface area (Å²) in [5.41, 5.74) is 2.54. The molecular formula is C15H14O3. The lowest BCUT2D eigenvalue weighted by molar-refractivity contribution is 0.0693. The Morgan fingerprint density at radius 3 is 2.39 bits per heavy atom. The molecule has 2 N–H and O–H groups in total. The molecule has 3 nitrogen and oxygen atoms in total. The van der Waals surface area contributed by atoms with Crippen molar-refractivity contribution in [2.24, 2.45) is 0 Å². The summed E-state index contributed by atoms with van der Waals surface area (Å²) in [7, 11) is 0. The van der Waals surface area contributed by atoms with E-state index in [2.05, 4.69) is 0 Å². The van der Waals surface area contributed by atoms with E-state index in [1.807, 2.05) is 36.4 Å². The van der Waals surface area contributed by atoms with E-state index in [1.165, 1.54) is 6.07 Å². The molecule has 92 valence electrons. The van der Waals surface area contributed by atoms with Crippen LogP contribution in [-0.4, -0.2) is 16.2 Å². The van der Waals surface area contributed by atoms with Gasteiger partial charge in [0.25, 0.3) is 0 Å². The van der Waals surface area contributed by atoms with Crippen molar-refractivity contribution in [3.8, 4) is 5.75 Å². The lowest BCUT2D eigenvalue weighted by atomic mass is 9.99. The summed E-state index contributed by atoms with van der Waals surface area (Å²) in [6.07, 6.45) is 0.655. The fourth-order valence-corrected chi connectivity index (χ4v) is 1.95. The van der Waals surface area contributed by atoms with Gasteiger partial charge in [0.15, 0.2) is 0 Å². The molecule has 2 rings (SSSR count). The van der Waals surface area contributed by atoms with E-state index in [-0.39, 0.29) is 11.3 Å². The van der Waals surface area contributed by atoms with Crippen LogP contribution < -0.4 is 0 Å². The van der Waals surface area contributed by atoms with Gasteiger partial charge >= 0.3 is 5.97 Å². The average Bonchev–Trinajstić information content (AvgIpc) is 2.34. The van der Waals surface area contributed by atoms with Crippen molar-refractivity contribution in [1.82, 2.24) is 0 Å². The van der Waals surface area contributed by atoms with E-state index in [0.29, 0.717) is 12.0 Å². The number of hydrogen-bond donors (Lipinski definition) is 2. The van der Waals surface area contributed by atoms with Crippen molar-refractivity contribution in [3.63, 3.8) is 0 Å². The third-order valence-electron chi connectivity index (χ3n) is 2.84. The third-order valence-corrected chi connectivity index (χ3v) is 2.84. The molecule has 0 atom stereocenters. The predicted molar refractivity (Wildman–Crippen MR) is 69.1 cm³/mol. The molecule has 18 heavy (non-hydrogen) atoms. The highest BCUT2D eigenvalue weighted by Crippen LogP contribution is 2.25. The highest BCUT2D eigenvalue weighted by Gasteiger charge is 2.13. The molecule has 0 unspecified atom stereocenters. The van der Waals surface area contributed by atoms with Crippen molar-refractivity contribution >= 4 is 5.97 Å². The topological polar surface area (TPSA) is 57.5 Å². The largest absolute Gasteiger partial charge is 0.507 e. The maximum atomic E-state index is 11.0. The molecule has 0 aromatic heterocycles. The molecule has 0 saturated carbocycles. The minimum Gasteiger partial charge on any atom is -0.507 e. The van der Waals surface area contributed by atoms with Gasteiger partial charge in [0, 0.05) is 0 Å². The molecule has 0 saturated heterocycles. The van der Waals surface area contributed by atoms with E-state index >= 15 is 0 Å². The van der Waals surface area contributed by atoms with E-state index in [9.17, 15) is 9.90 Å². The number of carbonyl (C=O) groups is 1. The first-order chi connectivity index (χ1) is 8.58. The average molecular weight is 242 g/mol. The van der Waals surface area contributed by atoms with Crippen LogP contribution in [0.3, 0.4) is 0 Å². The summed E-state index contributed by atoms with van der Waals surface area (Å²) < 4.78 is 0. The normalized spacial score (nSPS) is 10.3. The molecule has 0 aliphatic carbocycles. The van der Waals surface area contributed by atoms with Gasteiger partial charge in [-0.1, -0.05) is 36.4 Å². The molecule has 0 heterocycles. The second-order valence-electron chi connectivity index (χ2n) is 4.28. The molecule has 0 spiro atoms. The second kappa shape index (κ2) is 4.92. The molecule has 0 fully saturated rings. The van der Waals surface area contributed by atoms with E-state index in [4.69, 9.17) is 5.11 Å². The number of benzene rings is 2. The molecule has 0 aliphatic rings. The van der Waals surface area contributed by atoms with E-state index in [0.717, 1.165) is 11.1 Å². The number of hydrogen-bond acceptors (Lipinski definition) is 2. The van der Waals surface area contributed by atoms with Gasteiger partial charge in [-0.3, -0.25) is 0 Å². The van der Waals surface area contributed by atoms with Gasteiger partial charge in [0.1, 0.15) is 11.3 Å². The standard InChI is InChI=1S/C15H14O3/c1-10-7-12(8-11-5-3-2-4-6-11)9-13(14(10)16)15(17)18/h2-7,9,16H,8H2,1H3,(H,17,18). The number of rotatable bonds is 3. The quantitative estimate of drug-likeness (QED) is 0.869. The smallest absolute Gasteiger partial charge is 0.339 e. The minimum absolute atomic E-state index is 0.0408. The molecule has 0 amide bonds. The number of carboxylic acids is 1. The Hall–Kier alpha value is -2.29. The van der Waals surface area contributed by atoms with Crippen molar-refractivity contribution in [1.29, 1.82) is 0 Å². The summed E-state index contributed by atoms with van der Waals surface area (Å²) in [5.74, 6) is -1.26. The molecular weight excluding hydrogens is 228 g/mol. The zero-order valence-electron chi connectivity index (χ0n) is 10.1. The van der Waals surface area contributed by atoms with Crippen LogP contribution in [0.2, 0.25) is 0 Å². The van der Waals surface area contributed by atoms with Gasteiger partial charge < -0.3 is 10.2 Å². The number of aromatic hydroxyl groups is 1. The van der Waals surface area contributed by atoms with Crippen LogP contribution >= 0.6 is 0 Å². The van der Waals surface area contributed by atoms with Gasteiger partial charge in [0.2, 0.25) is 0 Å². The van der Waals surface area contributed by atoms with Crippen LogP contribution in [-0.2, 0) is 6.42 Å². The summed E-state index contributed by atoms with van der Waals surface area (Å²) in [5, 5.41) is 18.7. The number of aromatic carboxylic acids is 1. The molecule has 0 aliphatic heterocycles. The van der Waals surface area contributed by atoms with Crippen molar-refractivity contribution in [2.45, 2.75) is 13.3 Å². The molecule has 0 radical (unpaired) electrons. The van der Waals surface area contributed by atoms with Gasteiger partial charge in [-0.05, 0) is 36.1 Å². The monoisotopic (exact) mass is 242 g/mol. The Kier molecular flexibility index (Phi) is 3.33. The van der Waals surface area contributed by atoms with Gasteiger partial charge in [-0.25, -0.2) is 4.79 Å². The van der Waals surface area contributed by atoms with Crippen LogP contribution in [0.25, 0.3) is 0 Å². The summed E-state index contributed by atoms with van der Waals surface area (Å²) in [6, 6.07) is 13.1. The zero-order valence-corrected chi connectivity index (χ0v) is 10.1. The first kappa shape index (κ1) is 12.2. The Morgan fingerprint density at radius 2 is 1.78 bits per heavy atom. The van der Waals surface area contributed by atoms with Gasteiger partial charge in [0.05, 0.1) is 0 Å². The second-order valence-corrected chi connectivity index (χ2v) is 4.28. The van der Waals surface area contributed by atoms with Gasteiger partial charge in [-0.15, -0.1) is 0 Å². The number of phenols is 1. The van der Waals surface area contributed by atoms with E-state index in [1.54, 1.807) is 6.92 Å². The number of aryl methyl sites for hydroxylation is 1. The maximum absolute atomic E-state index is 11.0. The van der Waals surface area contributed by atoms with E-state index < -0.39 is 5.97 Å². The Bertz CT molecular complexity index is 574. The zero-order chi connectivity index (χ0) is 13.1. The maximum Gasteiger partial charge on any atom is 0.339 e. The molecule has 2 aromatic rings. The van der Waals surface area contributed by atoms with Crippen LogP contribution in [0.1, 0.15) is 27.0 Å². The van der Waals surface area contributed by atoms with Crippen LogP contribution in [0, 0.1) is 6.92 Å². The lowest BCUT2D eigenvalue weighted by Crippen LogP contribution is -2.00. The minimum atomic E-state index is -1.11. The highest BCUT2D eigenvalue weighted by molar-refractivity contribution is 5.91. The first-order valence-corrected chi connectivity index (χ1v) is 5.67. The summed E-state index contributed by atoms with van der Waals surface area (Å²) in [4.78, 5) is 11.0. The fourth-order valence-electron chi connectivity index (χ4n) is 1.95. The Labute approximate surface area is 105 Å². The third kappa shape index (κ3) is 2.51. The van der Waals surface area contributed by atoms with Crippen molar-refractivity contribution in [2.75, 3.05) is 0 Å². The molecule has 3 heteroatoms. The fraction of sp³-hybridized carbons (Fsp3) is 0.133.